The van der Waals surface area contributed by atoms with Crippen LogP contribution in [0.5, 0.6) is 5.75 Å². The fourth-order valence-corrected chi connectivity index (χ4v) is 3.81. The van der Waals surface area contributed by atoms with Crippen molar-refractivity contribution in [3.05, 3.63) is 28.2 Å². The van der Waals surface area contributed by atoms with Crippen molar-refractivity contribution >= 4 is 23.2 Å². The van der Waals surface area contributed by atoms with Crippen molar-refractivity contribution in [1.82, 2.24) is 4.90 Å². The third kappa shape index (κ3) is 4.99. The monoisotopic (exact) mass is 373 g/mol. The van der Waals surface area contributed by atoms with Gasteiger partial charge < -0.3 is 14.2 Å². The Morgan fingerprint density at radius 1 is 1.04 bits per heavy atom. The van der Waals surface area contributed by atoms with E-state index < -0.39 is 0 Å². The normalized spacial score (nSPS) is 25.6. The molecule has 0 N–H and O–H groups in total. The average Bonchev–Trinajstić information content (AvgIpc) is 2.63. The van der Waals surface area contributed by atoms with Crippen molar-refractivity contribution in [2.45, 2.75) is 37.8 Å². The Labute approximate surface area is 154 Å². The summed E-state index contributed by atoms with van der Waals surface area (Å²) in [5, 5.41) is 1.05. The number of halogens is 2. The van der Waals surface area contributed by atoms with Crippen LogP contribution >= 0.6 is 23.2 Å². The first-order chi connectivity index (χ1) is 11.7. The van der Waals surface area contributed by atoms with Gasteiger partial charge in [0.2, 0.25) is 0 Å². The maximum Gasteiger partial charge on any atom is 0.121 e. The number of hydrogen-bond donors (Lipinski definition) is 0. The van der Waals surface area contributed by atoms with Crippen LogP contribution in [0.3, 0.4) is 0 Å². The summed E-state index contributed by atoms with van der Waals surface area (Å²) in [7, 11) is 0. The van der Waals surface area contributed by atoms with Gasteiger partial charge in [0, 0.05) is 25.2 Å². The smallest absolute Gasteiger partial charge is 0.121 e. The molecule has 2 atom stereocenters. The van der Waals surface area contributed by atoms with Crippen LogP contribution in [0.4, 0.5) is 0 Å². The van der Waals surface area contributed by atoms with Crippen molar-refractivity contribution in [2.24, 2.45) is 0 Å². The molecule has 134 valence electrons. The number of rotatable bonds is 6. The highest BCUT2D eigenvalue weighted by Gasteiger charge is 2.31. The minimum Gasteiger partial charge on any atom is -0.491 e. The highest BCUT2D eigenvalue weighted by molar-refractivity contribution is 6.42. The predicted octanol–water partition coefficient (Wildman–Crippen LogP) is 4.03. The maximum atomic E-state index is 6.16. The molecule has 1 aliphatic carbocycles. The van der Waals surface area contributed by atoms with Gasteiger partial charge in [0.05, 0.1) is 36.0 Å². The van der Waals surface area contributed by atoms with E-state index in [9.17, 15) is 0 Å². The summed E-state index contributed by atoms with van der Waals surface area (Å²) in [6.07, 6.45) is 5.20. The van der Waals surface area contributed by atoms with Gasteiger partial charge >= 0.3 is 0 Å². The summed E-state index contributed by atoms with van der Waals surface area (Å²) >= 11 is 11.9. The summed E-state index contributed by atoms with van der Waals surface area (Å²) in [6, 6.07) is 5.83. The fraction of sp³-hybridized carbons (Fsp3) is 0.667. The fourth-order valence-electron chi connectivity index (χ4n) is 3.52. The van der Waals surface area contributed by atoms with E-state index in [2.05, 4.69) is 4.90 Å². The summed E-state index contributed by atoms with van der Waals surface area (Å²) in [5.41, 5.74) is 0. The Hall–Kier alpha value is -0.520. The summed E-state index contributed by atoms with van der Waals surface area (Å²) < 4.78 is 17.3. The third-order valence-corrected chi connectivity index (χ3v) is 5.50. The minimum absolute atomic E-state index is 0.300. The van der Waals surface area contributed by atoms with E-state index >= 15 is 0 Å². The van der Waals surface area contributed by atoms with Crippen LogP contribution in [0.1, 0.15) is 25.7 Å². The van der Waals surface area contributed by atoms with Crippen LogP contribution in [-0.4, -0.2) is 56.6 Å². The quantitative estimate of drug-likeness (QED) is 0.704. The zero-order valence-electron chi connectivity index (χ0n) is 13.9. The zero-order valence-corrected chi connectivity index (χ0v) is 15.4. The lowest BCUT2D eigenvalue weighted by Gasteiger charge is -2.41. The van der Waals surface area contributed by atoms with E-state index in [-0.39, 0.29) is 0 Å². The SMILES string of the molecule is Clc1ccc(OCCO[C@@H]2CCCC[C@@H]2N2CCOCC2)cc1Cl. The van der Waals surface area contributed by atoms with Gasteiger partial charge in [0.15, 0.2) is 0 Å². The van der Waals surface area contributed by atoms with Gasteiger partial charge in [-0.25, -0.2) is 0 Å². The molecule has 1 heterocycles. The molecular weight excluding hydrogens is 349 g/mol. The molecule has 3 rings (SSSR count). The van der Waals surface area contributed by atoms with E-state index in [1.165, 1.54) is 19.3 Å². The molecule has 1 aromatic carbocycles. The van der Waals surface area contributed by atoms with E-state index in [1.54, 1.807) is 12.1 Å². The Balaban J connectivity index is 1.44. The van der Waals surface area contributed by atoms with Gasteiger partial charge in [-0.2, -0.15) is 0 Å². The standard InChI is InChI=1S/C18H25Cl2NO3/c19-15-6-5-14(13-16(15)20)23-11-12-24-18-4-2-1-3-17(18)21-7-9-22-10-8-21/h5-6,13,17-18H,1-4,7-12H2/t17-,18+/m0/s1. The van der Waals surface area contributed by atoms with Crippen LogP contribution in [0, 0.1) is 0 Å². The lowest BCUT2D eigenvalue weighted by Crippen LogP contribution is -2.51. The third-order valence-electron chi connectivity index (χ3n) is 4.76. The Kier molecular flexibility index (Phi) is 7.05. The number of morpholine rings is 1. The molecule has 24 heavy (non-hydrogen) atoms. The molecule has 4 nitrogen and oxygen atoms in total. The topological polar surface area (TPSA) is 30.9 Å². The van der Waals surface area contributed by atoms with E-state index in [0.717, 1.165) is 38.5 Å². The van der Waals surface area contributed by atoms with Crippen LogP contribution in [-0.2, 0) is 9.47 Å². The Morgan fingerprint density at radius 3 is 2.62 bits per heavy atom. The number of ether oxygens (including phenoxy) is 3. The van der Waals surface area contributed by atoms with E-state index in [4.69, 9.17) is 37.4 Å². The Morgan fingerprint density at radius 2 is 1.83 bits per heavy atom. The number of hydrogen-bond acceptors (Lipinski definition) is 4. The van der Waals surface area contributed by atoms with E-state index in [0.29, 0.717) is 35.4 Å². The van der Waals surface area contributed by atoms with Gasteiger partial charge in [-0.3, -0.25) is 4.90 Å². The second kappa shape index (κ2) is 9.25. The number of nitrogens with zero attached hydrogens (tertiary/aromatic N) is 1. The summed E-state index contributed by atoms with van der Waals surface area (Å²) in [5.74, 6) is 0.723. The average molecular weight is 374 g/mol. The lowest BCUT2D eigenvalue weighted by molar-refractivity contribution is -0.0698. The molecule has 0 aromatic heterocycles. The lowest BCUT2D eigenvalue weighted by atomic mass is 9.91. The van der Waals surface area contributed by atoms with Gasteiger partial charge in [0.25, 0.3) is 0 Å². The van der Waals surface area contributed by atoms with Gasteiger partial charge in [-0.1, -0.05) is 36.0 Å². The second-order valence-electron chi connectivity index (χ2n) is 6.33. The molecular formula is C18H25Cl2NO3. The second-order valence-corrected chi connectivity index (χ2v) is 7.15. The number of benzene rings is 1. The molecule has 2 fully saturated rings. The minimum atomic E-state index is 0.300. The summed E-state index contributed by atoms with van der Waals surface area (Å²) in [6.45, 7) is 4.82. The molecule has 0 unspecified atom stereocenters. The van der Waals surface area contributed by atoms with Gasteiger partial charge in [-0.05, 0) is 25.0 Å². The molecule has 0 bridgehead atoms. The van der Waals surface area contributed by atoms with Crippen LogP contribution in [0.15, 0.2) is 18.2 Å². The molecule has 2 aliphatic rings. The maximum absolute atomic E-state index is 6.16. The van der Waals surface area contributed by atoms with Crippen molar-refractivity contribution < 1.29 is 14.2 Å². The van der Waals surface area contributed by atoms with Gasteiger partial charge in [0.1, 0.15) is 12.4 Å². The van der Waals surface area contributed by atoms with Crippen molar-refractivity contribution in [2.75, 3.05) is 39.5 Å². The predicted molar refractivity (Wildman–Crippen MR) is 96.3 cm³/mol. The first kappa shape index (κ1) is 18.3. The molecule has 6 heteroatoms. The molecule has 1 saturated carbocycles. The molecule has 1 aliphatic heterocycles. The van der Waals surface area contributed by atoms with Crippen LogP contribution in [0.25, 0.3) is 0 Å². The van der Waals surface area contributed by atoms with Gasteiger partial charge in [-0.15, -0.1) is 0 Å². The molecule has 1 saturated heterocycles. The van der Waals surface area contributed by atoms with Crippen molar-refractivity contribution in [3.8, 4) is 5.75 Å². The molecule has 0 amide bonds. The van der Waals surface area contributed by atoms with Crippen molar-refractivity contribution in [1.29, 1.82) is 0 Å². The molecule has 0 radical (unpaired) electrons. The summed E-state index contributed by atoms with van der Waals surface area (Å²) in [4.78, 5) is 2.53. The van der Waals surface area contributed by atoms with E-state index in [1.807, 2.05) is 6.07 Å². The van der Waals surface area contributed by atoms with Crippen molar-refractivity contribution in [3.63, 3.8) is 0 Å². The first-order valence-electron chi connectivity index (χ1n) is 8.75. The largest absolute Gasteiger partial charge is 0.491 e. The highest BCUT2D eigenvalue weighted by Crippen LogP contribution is 2.27. The highest BCUT2D eigenvalue weighted by atomic mass is 35.5. The molecule has 1 aromatic rings. The van der Waals surface area contributed by atoms with Crippen LogP contribution < -0.4 is 4.74 Å². The van der Waals surface area contributed by atoms with Crippen LogP contribution in [0.2, 0.25) is 10.0 Å². The first-order valence-corrected chi connectivity index (χ1v) is 9.51. The Bertz CT molecular complexity index is 523. The zero-order chi connectivity index (χ0) is 16.8. The molecule has 0 spiro atoms.